The maximum Gasteiger partial charge on any atom is 0.259 e. The Morgan fingerprint density at radius 1 is 1.30 bits per heavy atom. The zero-order chi connectivity index (χ0) is 23.3. The van der Waals surface area contributed by atoms with E-state index in [9.17, 15) is 18.7 Å². The molecule has 3 aromatic rings. The van der Waals surface area contributed by atoms with Crippen LogP contribution >= 0.6 is 11.6 Å². The van der Waals surface area contributed by atoms with Gasteiger partial charge in [0, 0.05) is 11.6 Å². The van der Waals surface area contributed by atoms with Gasteiger partial charge in [-0.1, -0.05) is 28.9 Å². The molecule has 9 heteroatoms. The van der Waals surface area contributed by atoms with Crippen molar-refractivity contribution in [1.29, 1.82) is 0 Å². The maximum atomic E-state index is 14.3. The van der Waals surface area contributed by atoms with Crippen LogP contribution in [-0.2, 0) is 0 Å². The number of aliphatic hydroxyl groups is 1. The minimum Gasteiger partial charge on any atom is -0.387 e. The van der Waals surface area contributed by atoms with Gasteiger partial charge in [0.05, 0.1) is 33.3 Å². The van der Waals surface area contributed by atoms with Crippen LogP contribution in [0.4, 0.5) is 8.78 Å². The lowest BCUT2D eigenvalue weighted by Gasteiger charge is -2.41. The zero-order valence-electron chi connectivity index (χ0n) is 18.1. The molecule has 0 aliphatic heterocycles. The summed E-state index contributed by atoms with van der Waals surface area (Å²) in [6, 6.07) is 4.94. The summed E-state index contributed by atoms with van der Waals surface area (Å²) in [5, 5.41) is 18.6. The molecule has 1 amide bonds. The van der Waals surface area contributed by atoms with Crippen LogP contribution in [0.5, 0.6) is 0 Å². The summed E-state index contributed by atoms with van der Waals surface area (Å²) in [7, 11) is 0. The lowest BCUT2D eigenvalue weighted by atomic mass is 9.76. The average molecular weight is 476 g/mol. The van der Waals surface area contributed by atoms with Crippen molar-refractivity contribution < 1.29 is 23.2 Å². The molecule has 5 rings (SSSR count). The Bertz CT molecular complexity index is 1220. The number of hydrogen-bond acceptors (Lipinski definition) is 5. The van der Waals surface area contributed by atoms with Gasteiger partial charge in [0.15, 0.2) is 0 Å². The van der Waals surface area contributed by atoms with E-state index in [-0.39, 0.29) is 47.9 Å². The van der Waals surface area contributed by atoms with E-state index in [1.54, 1.807) is 19.1 Å². The normalized spacial score (nSPS) is 24.1. The fourth-order valence-corrected chi connectivity index (χ4v) is 4.94. The number of fused-ring (bicyclic) bond motifs is 1. The molecule has 2 aromatic heterocycles. The fraction of sp³-hybridized carbons (Fsp3) is 0.458. The second-order valence-electron chi connectivity index (χ2n) is 9.14. The van der Waals surface area contributed by atoms with Crippen molar-refractivity contribution in [3.63, 3.8) is 0 Å². The Kier molecular flexibility index (Phi) is 5.61. The third kappa shape index (κ3) is 4.10. The summed E-state index contributed by atoms with van der Waals surface area (Å²) in [6.45, 7) is 1.72. The van der Waals surface area contributed by atoms with Crippen molar-refractivity contribution in [2.45, 2.75) is 69.2 Å². The standard InChI is InChI=1S/C24H24ClF2N3O3/c1-12-19-16(11-18(13-5-6-13)28-23(19)33-30-12)22(31)29-21(15-3-2-4-17(27)20(15)25)24(32)9-7-14(26)8-10-24/h2-4,11,13-14,21,32H,5-10H2,1H3,(H,29,31). The van der Waals surface area contributed by atoms with E-state index >= 15 is 0 Å². The van der Waals surface area contributed by atoms with Crippen LogP contribution in [0.3, 0.4) is 0 Å². The monoisotopic (exact) mass is 475 g/mol. The van der Waals surface area contributed by atoms with Crippen LogP contribution in [0, 0.1) is 12.7 Å². The van der Waals surface area contributed by atoms with Crippen LogP contribution in [-0.4, -0.2) is 32.9 Å². The molecular weight excluding hydrogens is 452 g/mol. The predicted molar refractivity (Wildman–Crippen MR) is 118 cm³/mol. The molecule has 0 radical (unpaired) electrons. The first-order valence-electron chi connectivity index (χ1n) is 11.1. The van der Waals surface area contributed by atoms with E-state index in [0.29, 0.717) is 16.6 Å². The molecule has 0 saturated heterocycles. The number of nitrogens with one attached hydrogen (secondary N) is 1. The predicted octanol–water partition coefficient (Wildman–Crippen LogP) is 5.32. The Hall–Kier alpha value is -2.58. The molecule has 0 bridgehead atoms. The molecule has 2 fully saturated rings. The van der Waals surface area contributed by atoms with Gasteiger partial charge in [-0.15, -0.1) is 0 Å². The van der Waals surface area contributed by atoms with Gasteiger partial charge in [-0.25, -0.2) is 13.8 Å². The van der Waals surface area contributed by atoms with Gasteiger partial charge in [-0.05, 0) is 63.1 Å². The number of benzene rings is 1. The third-order valence-electron chi connectivity index (χ3n) is 6.76. The second-order valence-corrected chi connectivity index (χ2v) is 9.52. The molecule has 0 spiro atoms. The highest BCUT2D eigenvalue weighted by Gasteiger charge is 2.43. The van der Waals surface area contributed by atoms with Crippen molar-refractivity contribution in [3.8, 4) is 0 Å². The molecular formula is C24H24ClF2N3O3. The lowest BCUT2D eigenvalue weighted by Crippen LogP contribution is -2.48. The van der Waals surface area contributed by atoms with Crippen LogP contribution in [0.2, 0.25) is 5.02 Å². The van der Waals surface area contributed by atoms with Crippen LogP contribution in [0.25, 0.3) is 11.1 Å². The van der Waals surface area contributed by atoms with Crippen molar-refractivity contribution in [2.75, 3.05) is 0 Å². The van der Waals surface area contributed by atoms with E-state index in [2.05, 4.69) is 15.5 Å². The Morgan fingerprint density at radius 2 is 2.03 bits per heavy atom. The van der Waals surface area contributed by atoms with E-state index in [1.165, 1.54) is 12.1 Å². The Labute approximate surface area is 194 Å². The van der Waals surface area contributed by atoms with Gasteiger partial charge < -0.3 is 14.9 Å². The third-order valence-corrected chi connectivity index (χ3v) is 7.16. The molecule has 174 valence electrons. The van der Waals surface area contributed by atoms with Gasteiger partial charge in [0.2, 0.25) is 0 Å². The minimum absolute atomic E-state index is 0.108. The highest BCUT2D eigenvalue weighted by Crippen LogP contribution is 2.43. The number of aryl methyl sites for hydroxylation is 1. The van der Waals surface area contributed by atoms with Crippen molar-refractivity contribution in [2.24, 2.45) is 0 Å². The smallest absolute Gasteiger partial charge is 0.259 e. The number of hydrogen-bond donors (Lipinski definition) is 2. The fourth-order valence-electron chi connectivity index (χ4n) is 4.71. The van der Waals surface area contributed by atoms with Crippen LogP contribution in [0.1, 0.15) is 77.8 Å². The molecule has 2 heterocycles. The van der Waals surface area contributed by atoms with Crippen molar-refractivity contribution in [3.05, 3.63) is 57.6 Å². The molecule has 6 nitrogen and oxygen atoms in total. The summed E-state index contributed by atoms with van der Waals surface area (Å²) < 4.78 is 33.5. The first-order valence-corrected chi connectivity index (χ1v) is 11.5. The Balaban J connectivity index is 1.57. The number of carbonyl (C=O) groups is 1. The molecule has 1 unspecified atom stereocenters. The van der Waals surface area contributed by atoms with E-state index < -0.39 is 29.5 Å². The van der Waals surface area contributed by atoms with Gasteiger partial charge >= 0.3 is 0 Å². The summed E-state index contributed by atoms with van der Waals surface area (Å²) in [4.78, 5) is 18.1. The number of amides is 1. The molecule has 2 aliphatic carbocycles. The number of pyridine rings is 1. The summed E-state index contributed by atoms with van der Waals surface area (Å²) in [6.07, 6.45) is 1.45. The summed E-state index contributed by atoms with van der Waals surface area (Å²) >= 11 is 6.26. The van der Waals surface area contributed by atoms with Gasteiger partial charge in [0.25, 0.3) is 11.6 Å². The number of alkyl halides is 1. The number of rotatable bonds is 5. The zero-order valence-corrected chi connectivity index (χ0v) is 18.8. The molecule has 1 atom stereocenters. The second kappa shape index (κ2) is 8.33. The van der Waals surface area contributed by atoms with Crippen molar-refractivity contribution >= 4 is 28.6 Å². The SMILES string of the molecule is Cc1noc2nc(C3CC3)cc(C(=O)NC(c3cccc(F)c3Cl)C3(O)CCC(F)CC3)c12. The molecule has 2 N–H and O–H groups in total. The van der Waals surface area contributed by atoms with Crippen LogP contribution in [0.15, 0.2) is 28.8 Å². The van der Waals surface area contributed by atoms with E-state index in [4.69, 9.17) is 16.1 Å². The summed E-state index contributed by atoms with van der Waals surface area (Å²) in [5.41, 5.74) is 0.632. The lowest BCUT2D eigenvalue weighted by molar-refractivity contribution is -0.0445. The first-order chi connectivity index (χ1) is 15.8. The number of aromatic nitrogens is 2. The van der Waals surface area contributed by atoms with Gasteiger partial charge in [-0.2, -0.15) is 0 Å². The number of carbonyl (C=O) groups excluding carboxylic acids is 1. The Morgan fingerprint density at radius 3 is 2.73 bits per heavy atom. The number of nitrogens with zero attached hydrogens (tertiary/aromatic N) is 2. The number of halogens is 3. The average Bonchev–Trinajstić information content (AvgIpc) is 3.59. The molecule has 2 saturated carbocycles. The summed E-state index contributed by atoms with van der Waals surface area (Å²) in [5.74, 6) is -0.881. The van der Waals surface area contributed by atoms with E-state index in [1.807, 2.05) is 0 Å². The highest BCUT2D eigenvalue weighted by atomic mass is 35.5. The molecule has 33 heavy (non-hydrogen) atoms. The van der Waals surface area contributed by atoms with Crippen LogP contribution < -0.4 is 5.32 Å². The highest BCUT2D eigenvalue weighted by molar-refractivity contribution is 6.31. The van der Waals surface area contributed by atoms with Crippen molar-refractivity contribution in [1.82, 2.24) is 15.5 Å². The van der Waals surface area contributed by atoms with E-state index in [0.717, 1.165) is 18.5 Å². The maximum absolute atomic E-state index is 14.3. The van der Waals surface area contributed by atoms with Gasteiger partial charge in [-0.3, -0.25) is 4.79 Å². The topological polar surface area (TPSA) is 88.2 Å². The minimum atomic E-state index is -1.48. The molecule has 1 aromatic carbocycles. The molecule has 2 aliphatic rings. The quantitative estimate of drug-likeness (QED) is 0.521. The largest absolute Gasteiger partial charge is 0.387 e. The first kappa shape index (κ1) is 22.2. The van der Waals surface area contributed by atoms with Gasteiger partial charge in [0.1, 0.15) is 12.0 Å².